The zero-order valence-electron chi connectivity index (χ0n) is 33.1. The van der Waals surface area contributed by atoms with Gasteiger partial charge < -0.3 is 0 Å². The van der Waals surface area contributed by atoms with Crippen molar-refractivity contribution in [2.45, 2.75) is 18.8 Å². The Labute approximate surface area is 355 Å². The van der Waals surface area contributed by atoms with E-state index in [1.807, 2.05) is 11.3 Å². The summed E-state index contributed by atoms with van der Waals surface area (Å²) in [5, 5.41) is 2.67. The SMILES string of the molecule is C1=C(c2ccc(-c3ccccc3)cc2)Cc2ccc(-c3ccc4c(c3)-c3cc(-c5cccc6c5sc5ccccc56)ccc3C(c3ccccc3)C4)cc2-c2ccccc21. The molecule has 0 saturated carbocycles. The minimum Gasteiger partial charge on any atom is -0.135 e. The number of allylic oxidation sites excluding steroid dienone is 1. The van der Waals surface area contributed by atoms with E-state index in [1.54, 1.807) is 0 Å². The van der Waals surface area contributed by atoms with Crippen molar-refractivity contribution < 1.29 is 0 Å². The molecule has 282 valence electrons. The minimum absolute atomic E-state index is 0.300. The van der Waals surface area contributed by atoms with Gasteiger partial charge >= 0.3 is 0 Å². The van der Waals surface area contributed by atoms with Crippen molar-refractivity contribution in [3.8, 4) is 55.6 Å². The number of benzene rings is 9. The molecule has 0 radical (unpaired) electrons. The second kappa shape index (κ2) is 14.3. The van der Waals surface area contributed by atoms with E-state index in [0.29, 0.717) is 5.92 Å². The Hall–Kier alpha value is -7.06. The molecule has 0 nitrogen and oxygen atoms in total. The van der Waals surface area contributed by atoms with E-state index in [1.165, 1.54) is 115 Å². The third kappa shape index (κ3) is 5.96. The predicted octanol–water partition coefficient (Wildman–Crippen LogP) is 16.2. The molecule has 1 heterocycles. The van der Waals surface area contributed by atoms with Crippen LogP contribution in [0.5, 0.6) is 0 Å². The standard InChI is InChI=1S/C59H40S/c1-3-12-38(13-4-1)39-22-24-40(25-23-39)48-32-44-16-7-8-17-49(44)55-34-42(26-28-45(55)33-48)43-27-29-47-36-54(41-14-5-2-6-15-41)51-31-30-46(37-57(51)56(47)35-43)50-19-11-20-53-52-18-9-10-21-58(52)60-59(50)53/h1-32,34-35,37,54H,33,36H2. The van der Waals surface area contributed by atoms with Crippen LogP contribution in [0.4, 0.5) is 0 Å². The van der Waals surface area contributed by atoms with E-state index >= 15 is 0 Å². The van der Waals surface area contributed by atoms with Gasteiger partial charge in [-0.3, -0.25) is 0 Å². The van der Waals surface area contributed by atoms with Gasteiger partial charge in [-0.2, -0.15) is 0 Å². The van der Waals surface area contributed by atoms with Gasteiger partial charge in [0.1, 0.15) is 0 Å². The first-order valence-corrected chi connectivity index (χ1v) is 21.9. The van der Waals surface area contributed by atoms with Crippen LogP contribution in [0, 0.1) is 0 Å². The van der Waals surface area contributed by atoms with Crippen molar-refractivity contribution in [1.29, 1.82) is 0 Å². The fourth-order valence-electron chi connectivity index (χ4n) is 9.90. The summed E-state index contributed by atoms with van der Waals surface area (Å²) in [5.41, 5.74) is 22.3. The predicted molar refractivity (Wildman–Crippen MR) is 257 cm³/mol. The van der Waals surface area contributed by atoms with Crippen LogP contribution in [-0.2, 0) is 12.8 Å². The summed E-state index contributed by atoms with van der Waals surface area (Å²) in [7, 11) is 0. The highest BCUT2D eigenvalue weighted by molar-refractivity contribution is 7.26. The van der Waals surface area contributed by atoms with Crippen molar-refractivity contribution >= 4 is 43.2 Å². The Morgan fingerprint density at radius 2 is 0.983 bits per heavy atom. The van der Waals surface area contributed by atoms with E-state index in [4.69, 9.17) is 0 Å². The quantitative estimate of drug-likeness (QED) is 0.163. The van der Waals surface area contributed by atoms with Crippen molar-refractivity contribution in [1.82, 2.24) is 0 Å². The first-order valence-electron chi connectivity index (χ1n) is 21.0. The molecule has 2 aliphatic carbocycles. The molecule has 12 rings (SSSR count). The number of hydrogen-bond donors (Lipinski definition) is 0. The van der Waals surface area contributed by atoms with Gasteiger partial charge in [0.15, 0.2) is 0 Å². The number of rotatable bonds is 5. The van der Waals surface area contributed by atoms with E-state index in [-0.39, 0.29) is 0 Å². The lowest BCUT2D eigenvalue weighted by Crippen LogP contribution is -2.13. The number of hydrogen-bond acceptors (Lipinski definition) is 1. The topological polar surface area (TPSA) is 0 Å². The molecule has 60 heavy (non-hydrogen) atoms. The zero-order chi connectivity index (χ0) is 39.6. The summed E-state index contributed by atoms with van der Waals surface area (Å²) in [5.74, 6) is 0.300. The van der Waals surface area contributed by atoms with Crippen molar-refractivity contribution in [2.24, 2.45) is 0 Å². The van der Waals surface area contributed by atoms with Crippen molar-refractivity contribution in [3.05, 3.63) is 240 Å². The molecular weight excluding hydrogens is 741 g/mol. The Morgan fingerprint density at radius 1 is 0.383 bits per heavy atom. The van der Waals surface area contributed by atoms with Crippen LogP contribution >= 0.6 is 11.3 Å². The molecule has 0 fully saturated rings. The molecule has 0 saturated heterocycles. The lowest BCUT2D eigenvalue weighted by Gasteiger charge is -2.29. The summed E-state index contributed by atoms with van der Waals surface area (Å²) in [6.07, 6.45) is 4.27. The maximum atomic E-state index is 2.49. The summed E-state index contributed by atoms with van der Waals surface area (Å²) < 4.78 is 2.69. The molecular formula is C59H40S. The average Bonchev–Trinajstić information content (AvgIpc) is 3.62. The minimum atomic E-state index is 0.300. The molecule has 10 aromatic rings. The Kier molecular flexibility index (Phi) is 8.35. The number of thiophene rings is 1. The van der Waals surface area contributed by atoms with Gasteiger partial charge in [-0.1, -0.05) is 188 Å². The third-order valence-electron chi connectivity index (χ3n) is 12.9. The fourth-order valence-corrected chi connectivity index (χ4v) is 11.1. The van der Waals surface area contributed by atoms with Crippen LogP contribution in [0.15, 0.2) is 206 Å². The lowest BCUT2D eigenvalue weighted by molar-refractivity contribution is 0.794. The van der Waals surface area contributed by atoms with E-state index in [9.17, 15) is 0 Å². The number of fused-ring (bicyclic) bond motifs is 9. The average molecular weight is 781 g/mol. The van der Waals surface area contributed by atoms with Gasteiger partial charge in [0.2, 0.25) is 0 Å². The molecule has 1 aromatic heterocycles. The Morgan fingerprint density at radius 3 is 1.82 bits per heavy atom. The molecule has 9 aromatic carbocycles. The van der Waals surface area contributed by atoms with Gasteiger partial charge in [0.05, 0.1) is 0 Å². The van der Waals surface area contributed by atoms with Gasteiger partial charge in [0, 0.05) is 26.1 Å². The smallest absolute Gasteiger partial charge is 0.0433 e. The molecule has 0 spiro atoms. The summed E-state index contributed by atoms with van der Waals surface area (Å²) in [6.45, 7) is 0. The molecule has 1 heteroatoms. The van der Waals surface area contributed by atoms with E-state index < -0.39 is 0 Å². The van der Waals surface area contributed by atoms with Gasteiger partial charge in [-0.25, -0.2) is 0 Å². The van der Waals surface area contributed by atoms with Crippen LogP contribution in [0.1, 0.15) is 39.3 Å². The van der Waals surface area contributed by atoms with Crippen LogP contribution in [0.25, 0.3) is 87.5 Å². The second-order valence-corrected chi connectivity index (χ2v) is 17.4. The largest absolute Gasteiger partial charge is 0.135 e. The first-order chi connectivity index (χ1) is 29.7. The van der Waals surface area contributed by atoms with Crippen molar-refractivity contribution in [2.75, 3.05) is 0 Å². The molecule has 2 aliphatic rings. The third-order valence-corrected chi connectivity index (χ3v) is 14.2. The van der Waals surface area contributed by atoms with Crippen LogP contribution < -0.4 is 0 Å². The second-order valence-electron chi connectivity index (χ2n) is 16.4. The Balaban J connectivity index is 0.953. The van der Waals surface area contributed by atoms with E-state index in [2.05, 4.69) is 212 Å². The van der Waals surface area contributed by atoms with Gasteiger partial charge in [-0.05, 0) is 132 Å². The molecule has 1 atom stereocenters. The monoisotopic (exact) mass is 780 g/mol. The van der Waals surface area contributed by atoms with Gasteiger partial charge in [0.25, 0.3) is 0 Å². The van der Waals surface area contributed by atoms with Crippen LogP contribution in [0.2, 0.25) is 0 Å². The summed E-state index contributed by atoms with van der Waals surface area (Å²) in [4.78, 5) is 0. The lowest BCUT2D eigenvalue weighted by atomic mass is 9.74. The Bertz CT molecular complexity index is 3290. The van der Waals surface area contributed by atoms with E-state index in [0.717, 1.165) is 12.8 Å². The summed E-state index contributed by atoms with van der Waals surface area (Å²) in [6, 6.07) is 77.0. The molecule has 0 amide bonds. The highest BCUT2D eigenvalue weighted by Crippen LogP contribution is 2.48. The van der Waals surface area contributed by atoms with Crippen LogP contribution in [0.3, 0.4) is 0 Å². The molecule has 0 N–H and O–H groups in total. The first kappa shape index (κ1) is 34.9. The summed E-state index contributed by atoms with van der Waals surface area (Å²) >= 11 is 1.91. The zero-order valence-corrected chi connectivity index (χ0v) is 33.9. The van der Waals surface area contributed by atoms with Gasteiger partial charge in [-0.15, -0.1) is 11.3 Å². The maximum absolute atomic E-state index is 2.49. The highest BCUT2D eigenvalue weighted by atomic mass is 32.1. The normalized spacial score (nSPS) is 14.1. The maximum Gasteiger partial charge on any atom is 0.0433 e. The fraction of sp³-hybridized carbons (Fsp3) is 0.0508. The molecule has 1 unspecified atom stereocenters. The van der Waals surface area contributed by atoms with Crippen molar-refractivity contribution in [3.63, 3.8) is 0 Å². The highest BCUT2D eigenvalue weighted by Gasteiger charge is 2.27. The molecule has 0 bridgehead atoms. The van der Waals surface area contributed by atoms with Crippen LogP contribution in [-0.4, -0.2) is 0 Å². The molecule has 0 aliphatic heterocycles.